The van der Waals surface area contributed by atoms with E-state index in [1.54, 1.807) is 12.1 Å². The molecular formula is C14H16F3NO5S. The van der Waals surface area contributed by atoms with E-state index >= 15 is 0 Å². The largest absolute Gasteiger partial charge is 0.497 e. The number of halogens is 3. The molecule has 0 bridgehead atoms. The average Bonchev–Trinajstić information content (AvgIpc) is 2.93. The normalized spacial score (nSPS) is 22.5. The van der Waals surface area contributed by atoms with Gasteiger partial charge in [-0.2, -0.15) is 13.2 Å². The van der Waals surface area contributed by atoms with Gasteiger partial charge in [0.25, 0.3) is 0 Å². The predicted octanol–water partition coefficient (Wildman–Crippen LogP) is 1.72. The summed E-state index contributed by atoms with van der Waals surface area (Å²) in [5.74, 6) is -5.78. The highest BCUT2D eigenvalue weighted by Gasteiger charge is 2.54. The fourth-order valence-corrected chi connectivity index (χ4v) is 4.20. The minimum absolute atomic E-state index is 0.344. The summed E-state index contributed by atoms with van der Waals surface area (Å²) in [5, 5.41) is 8.95. The van der Waals surface area contributed by atoms with Crippen LogP contribution in [0.1, 0.15) is 5.56 Å². The molecule has 1 aromatic carbocycles. The summed E-state index contributed by atoms with van der Waals surface area (Å²) in [7, 11) is -2.68. The molecule has 1 fully saturated rings. The molecule has 24 heavy (non-hydrogen) atoms. The van der Waals surface area contributed by atoms with Crippen molar-refractivity contribution in [2.45, 2.75) is 11.9 Å². The number of benzene rings is 1. The molecule has 10 heteroatoms. The number of aliphatic carboxylic acids is 1. The molecule has 1 aliphatic heterocycles. The first kappa shape index (κ1) is 18.5. The highest BCUT2D eigenvalue weighted by atomic mass is 32.2. The number of alkyl halides is 3. The third-order valence-corrected chi connectivity index (χ3v) is 5.68. The standard InChI is InChI=1S/C14H16F3NO5S/c1-23-10-4-2-3-9(5-10)8-24(21,22)18-6-11(13(19)20)12(7-18)14(15,16)17/h2-5,11-12H,6-8H2,1H3,(H,19,20)/t11-,12-/m1/s1. The van der Waals surface area contributed by atoms with E-state index in [9.17, 15) is 26.4 Å². The Bertz CT molecular complexity index is 719. The van der Waals surface area contributed by atoms with Crippen molar-refractivity contribution in [2.24, 2.45) is 11.8 Å². The molecule has 0 aliphatic carbocycles. The van der Waals surface area contributed by atoms with Crippen molar-refractivity contribution in [3.8, 4) is 5.75 Å². The van der Waals surface area contributed by atoms with Gasteiger partial charge in [-0.1, -0.05) is 12.1 Å². The van der Waals surface area contributed by atoms with Gasteiger partial charge in [0.1, 0.15) is 5.75 Å². The first-order chi connectivity index (χ1) is 11.0. The quantitative estimate of drug-likeness (QED) is 0.857. The Morgan fingerprint density at radius 3 is 2.54 bits per heavy atom. The number of nitrogens with zero attached hydrogens (tertiary/aromatic N) is 1. The summed E-state index contributed by atoms with van der Waals surface area (Å²) in [6.45, 7) is -1.57. The van der Waals surface area contributed by atoms with Gasteiger partial charge in [0.05, 0.1) is 24.7 Å². The lowest BCUT2D eigenvalue weighted by atomic mass is 9.96. The van der Waals surface area contributed by atoms with E-state index in [-0.39, 0.29) is 0 Å². The molecular weight excluding hydrogens is 351 g/mol. The molecule has 0 aromatic heterocycles. The van der Waals surface area contributed by atoms with Crippen molar-refractivity contribution < 1.29 is 36.2 Å². The SMILES string of the molecule is COc1cccc(CS(=O)(=O)N2C[C@@H](C(F)(F)F)[C@H](C(=O)O)C2)c1. The highest BCUT2D eigenvalue weighted by Crippen LogP contribution is 2.39. The number of hydrogen-bond acceptors (Lipinski definition) is 4. The molecule has 1 N–H and O–H groups in total. The lowest BCUT2D eigenvalue weighted by Gasteiger charge is -2.18. The molecule has 1 heterocycles. The first-order valence-corrected chi connectivity index (χ1v) is 8.56. The van der Waals surface area contributed by atoms with Crippen molar-refractivity contribution in [2.75, 3.05) is 20.2 Å². The Morgan fingerprint density at radius 1 is 1.38 bits per heavy atom. The summed E-state index contributed by atoms with van der Waals surface area (Å²) >= 11 is 0. The molecule has 0 saturated carbocycles. The van der Waals surface area contributed by atoms with Gasteiger partial charge in [-0.3, -0.25) is 4.79 Å². The molecule has 6 nitrogen and oxygen atoms in total. The zero-order chi connectivity index (χ0) is 18.1. The molecule has 0 amide bonds. The summed E-state index contributed by atoms with van der Waals surface area (Å²) < 4.78 is 69.2. The van der Waals surface area contributed by atoms with E-state index < -0.39 is 52.8 Å². The van der Waals surface area contributed by atoms with Crippen molar-refractivity contribution >= 4 is 16.0 Å². The number of carbonyl (C=O) groups is 1. The molecule has 2 rings (SSSR count). The van der Waals surface area contributed by atoms with E-state index in [2.05, 4.69) is 0 Å². The van der Waals surface area contributed by atoms with Crippen LogP contribution in [0.3, 0.4) is 0 Å². The Kier molecular flexibility index (Phi) is 5.09. The minimum atomic E-state index is -4.77. The summed E-state index contributed by atoms with van der Waals surface area (Å²) in [6.07, 6.45) is -4.77. The Labute approximate surface area is 136 Å². The lowest BCUT2D eigenvalue weighted by Crippen LogP contribution is -2.34. The van der Waals surface area contributed by atoms with Gasteiger partial charge in [0.15, 0.2) is 0 Å². The summed E-state index contributed by atoms with van der Waals surface area (Å²) in [6, 6.07) is 6.13. The number of sulfonamides is 1. The second-order valence-electron chi connectivity index (χ2n) is 5.52. The van der Waals surface area contributed by atoms with Crippen LogP contribution in [0.5, 0.6) is 5.75 Å². The third kappa shape index (κ3) is 3.99. The number of methoxy groups -OCH3 is 1. The van der Waals surface area contributed by atoms with Crippen LogP contribution in [0.15, 0.2) is 24.3 Å². The molecule has 2 atom stereocenters. The van der Waals surface area contributed by atoms with Gasteiger partial charge in [0.2, 0.25) is 10.0 Å². The fourth-order valence-electron chi connectivity index (χ4n) is 2.64. The van der Waals surface area contributed by atoms with Crippen LogP contribution in [0.2, 0.25) is 0 Å². The Morgan fingerprint density at radius 2 is 2.04 bits per heavy atom. The monoisotopic (exact) mass is 367 g/mol. The second-order valence-corrected chi connectivity index (χ2v) is 7.49. The van der Waals surface area contributed by atoms with Crippen LogP contribution in [0, 0.1) is 11.8 Å². The van der Waals surface area contributed by atoms with Crippen LogP contribution in [0.25, 0.3) is 0 Å². The van der Waals surface area contributed by atoms with E-state index in [4.69, 9.17) is 9.84 Å². The minimum Gasteiger partial charge on any atom is -0.497 e. The summed E-state index contributed by atoms with van der Waals surface area (Å²) in [5.41, 5.74) is 0.344. The van der Waals surface area contributed by atoms with Gasteiger partial charge in [-0.15, -0.1) is 0 Å². The maximum Gasteiger partial charge on any atom is 0.393 e. The molecule has 0 unspecified atom stereocenters. The van der Waals surface area contributed by atoms with Gasteiger partial charge >= 0.3 is 12.1 Å². The van der Waals surface area contributed by atoms with E-state index in [1.807, 2.05) is 0 Å². The summed E-state index contributed by atoms with van der Waals surface area (Å²) in [4.78, 5) is 11.0. The molecule has 0 spiro atoms. The van der Waals surface area contributed by atoms with E-state index in [0.29, 0.717) is 15.6 Å². The Balaban J connectivity index is 2.22. The topological polar surface area (TPSA) is 83.9 Å². The van der Waals surface area contributed by atoms with Crippen molar-refractivity contribution in [1.29, 1.82) is 0 Å². The van der Waals surface area contributed by atoms with Gasteiger partial charge < -0.3 is 9.84 Å². The van der Waals surface area contributed by atoms with Crippen molar-refractivity contribution in [1.82, 2.24) is 4.31 Å². The van der Waals surface area contributed by atoms with Gasteiger partial charge in [-0.25, -0.2) is 12.7 Å². The van der Waals surface area contributed by atoms with E-state index in [0.717, 1.165) is 0 Å². The van der Waals surface area contributed by atoms with Gasteiger partial charge in [-0.05, 0) is 17.7 Å². The zero-order valence-electron chi connectivity index (χ0n) is 12.7. The predicted molar refractivity (Wildman–Crippen MR) is 77.9 cm³/mol. The first-order valence-electron chi connectivity index (χ1n) is 6.95. The number of carboxylic acids is 1. The number of hydrogen-bond donors (Lipinski definition) is 1. The lowest BCUT2D eigenvalue weighted by molar-refractivity contribution is -0.187. The van der Waals surface area contributed by atoms with Crippen LogP contribution in [-0.2, 0) is 20.6 Å². The Hall–Kier alpha value is -1.81. The molecule has 1 aromatic rings. The third-order valence-electron chi connectivity index (χ3n) is 3.90. The van der Waals surface area contributed by atoms with Crippen LogP contribution >= 0.6 is 0 Å². The van der Waals surface area contributed by atoms with Crippen LogP contribution in [0.4, 0.5) is 13.2 Å². The molecule has 0 radical (unpaired) electrons. The number of carboxylic acid groups (broad SMARTS) is 1. The molecule has 1 saturated heterocycles. The van der Waals surface area contributed by atoms with Crippen molar-refractivity contribution in [3.63, 3.8) is 0 Å². The van der Waals surface area contributed by atoms with Crippen molar-refractivity contribution in [3.05, 3.63) is 29.8 Å². The maximum atomic E-state index is 13.0. The average molecular weight is 367 g/mol. The second kappa shape index (κ2) is 6.60. The molecule has 1 aliphatic rings. The highest BCUT2D eigenvalue weighted by molar-refractivity contribution is 7.88. The van der Waals surface area contributed by atoms with Crippen LogP contribution in [-0.4, -0.2) is 50.2 Å². The smallest absolute Gasteiger partial charge is 0.393 e. The zero-order valence-corrected chi connectivity index (χ0v) is 13.5. The number of rotatable bonds is 5. The van der Waals surface area contributed by atoms with Crippen LogP contribution < -0.4 is 4.74 Å². The van der Waals surface area contributed by atoms with Gasteiger partial charge in [0, 0.05) is 13.1 Å². The number of ether oxygens (including phenoxy) is 1. The maximum absolute atomic E-state index is 13.0. The fraction of sp³-hybridized carbons (Fsp3) is 0.500. The van der Waals surface area contributed by atoms with E-state index in [1.165, 1.54) is 19.2 Å². The molecule has 134 valence electrons.